The van der Waals surface area contributed by atoms with Crippen molar-refractivity contribution in [3.8, 4) is 5.69 Å². The van der Waals surface area contributed by atoms with E-state index in [9.17, 15) is 9.59 Å². The fraction of sp³-hybridized carbons (Fsp3) is 0.222. The minimum Gasteiger partial charge on any atom is -0.395 e. The molecule has 1 aliphatic rings. The highest BCUT2D eigenvalue weighted by Gasteiger charge is 2.21. The van der Waals surface area contributed by atoms with Gasteiger partial charge in [-0.1, -0.05) is 12.6 Å². The third kappa shape index (κ3) is 5.65. The van der Waals surface area contributed by atoms with E-state index in [0.717, 1.165) is 6.08 Å². The summed E-state index contributed by atoms with van der Waals surface area (Å²) in [5, 5.41) is 14.5. The summed E-state index contributed by atoms with van der Waals surface area (Å²) in [4.78, 5) is 40.4. The number of aromatic nitrogens is 4. The molecule has 1 saturated heterocycles. The van der Waals surface area contributed by atoms with E-state index < -0.39 is 28.8 Å². The van der Waals surface area contributed by atoms with Crippen LogP contribution in [0.1, 0.15) is 0 Å². The number of halogens is 2. The largest absolute Gasteiger partial charge is 0.395 e. The van der Waals surface area contributed by atoms with E-state index in [1.807, 2.05) is 4.90 Å². The molecule has 0 unspecified atom stereocenters. The molecule has 40 heavy (non-hydrogen) atoms. The molecule has 5 rings (SSSR count). The van der Waals surface area contributed by atoms with Crippen molar-refractivity contribution in [1.29, 1.82) is 0 Å². The molecule has 11 nitrogen and oxygen atoms in total. The number of carbonyl (C=O) groups is 1. The Kier molecular flexibility index (Phi) is 7.75. The van der Waals surface area contributed by atoms with E-state index in [1.54, 1.807) is 24.3 Å². The molecule has 3 N–H and O–H groups in total. The number of rotatable bonds is 8. The number of amides is 1. The molecular weight excluding hydrogens is 522 g/mol. The van der Waals surface area contributed by atoms with Crippen LogP contribution in [0.5, 0.6) is 0 Å². The number of carbonyl (C=O) groups excluding carboxylic acids is 1. The molecule has 3 heterocycles. The standard InChI is InChI=1S/C27H26F2N8O3/c1-2-23(39)32-17-4-3-5-18(12-17)37-16-31-26(40)20-15-30-27(34-25(20)37)33-24-21(28)13-19(14-22(24)29)36-8-6-35(7-9-36)10-11-38/h2-5,12-16,38H,1,6-11H2,(H,32,39)(H,30,33,34). The molecule has 0 spiro atoms. The van der Waals surface area contributed by atoms with E-state index in [1.165, 1.54) is 29.2 Å². The van der Waals surface area contributed by atoms with Crippen LogP contribution in [-0.4, -0.2) is 74.8 Å². The molecular formula is C27H26F2N8O3. The Morgan fingerprint density at radius 1 is 1.07 bits per heavy atom. The zero-order valence-corrected chi connectivity index (χ0v) is 21.3. The van der Waals surface area contributed by atoms with Crippen LogP contribution >= 0.6 is 0 Å². The van der Waals surface area contributed by atoms with Crippen molar-refractivity contribution < 1.29 is 18.7 Å². The maximum atomic E-state index is 15.1. The zero-order valence-electron chi connectivity index (χ0n) is 21.3. The maximum Gasteiger partial charge on any atom is 0.283 e. The summed E-state index contributed by atoms with van der Waals surface area (Å²) in [5.41, 5.74) is 0.536. The van der Waals surface area contributed by atoms with Gasteiger partial charge in [0.15, 0.2) is 17.3 Å². The summed E-state index contributed by atoms with van der Waals surface area (Å²) < 4.78 is 31.7. The van der Waals surface area contributed by atoms with Gasteiger partial charge in [-0.15, -0.1) is 0 Å². The molecule has 0 radical (unpaired) electrons. The van der Waals surface area contributed by atoms with Gasteiger partial charge in [0.1, 0.15) is 17.4 Å². The van der Waals surface area contributed by atoms with E-state index in [0.29, 0.717) is 49.8 Å². The molecule has 1 fully saturated rings. The molecule has 206 valence electrons. The van der Waals surface area contributed by atoms with E-state index >= 15 is 8.78 Å². The second kappa shape index (κ2) is 11.6. The molecule has 0 aliphatic carbocycles. The molecule has 0 bridgehead atoms. The highest BCUT2D eigenvalue weighted by Crippen LogP contribution is 2.29. The van der Waals surface area contributed by atoms with Crippen molar-refractivity contribution in [2.45, 2.75) is 0 Å². The summed E-state index contributed by atoms with van der Waals surface area (Å²) in [6, 6.07) is 9.22. The number of β-amino-alcohol motifs (C(OH)–C–C–N with tert-alkyl or cyclic N) is 1. The van der Waals surface area contributed by atoms with Gasteiger partial charge in [0.2, 0.25) is 11.9 Å². The second-order valence-electron chi connectivity index (χ2n) is 9.06. The van der Waals surface area contributed by atoms with Gasteiger partial charge >= 0.3 is 0 Å². The van der Waals surface area contributed by atoms with Crippen LogP contribution in [0.25, 0.3) is 16.7 Å². The Bertz CT molecular complexity index is 1610. The van der Waals surface area contributed by atoms with Crippen LogP contribution in [0.3, 0.4) is 0 Å². The fourth-order valence-corrected chi connectivity index (χ4v) is 4.46. The van der Waals surface area contributed by atoms with E-state index in [4.69, 9.17) is 5.11 Å². The zero-order chi connectivity index (χ0) is 28.2. The minimum absolute atomic E-state index is 0.0629. The number of hydrogen-bond donors (Lipinski definition) is 3. The van der Waals surface area contributed by atoms with Crippen molar-refractivity contribution in [1.82, 2.24) is 24.4 Å². The van der Waals surface area contributed by atoms with Crippen molar-refractivity contribution in [2.24, 2.45) is 0 Å². The molecule has 13 heteroatoms. The second-order valence-corrected chi connectivity index (χ2v) is 9.06. The molecule has 2 aromatic heterocycles. The number of benzene rings is 2. The third-order valence-electron chi connectivity index (χ3n) is 6.51. The summed E-state index contributed by atoms with van der Waals surface area (Å²) in [6.07, 6.45) is 3.64. The van der Waals surface area contributed by atoms with E-state index in [-0.39, 0.29) is 23.6 Å². The predicted octanol–water partition coefficient (Wildman–Crippen LogP) is 2.44. The SMILES string of the molecule is C=CC(=O)Nc1cccc(-n2cnc(=O)c3cnc(Nc4c(F)cc(N5CCN(CCO)CC5)cc4F)nc32)c1. The van der Waals surface area contributed by atoms with Crippen molar-refractivity contribution in [3.05, 3.63) is 83.6 Å². The molecule has 4 aromatic rings. The molecule has 0 atom stereocenters. The lowest BCUT2D eigenvalue weighted by molar-refractivity contribution is -0.111. The van der Waals surface area contributed by atoms with Gasteiger partial charge in [0.05, 0.1) is 12.3 Å². The summed E-state index contributed by atoms with van der Waals surface area (Å²) in [7, 11) is 0. The smallest absolute Gasteiger partial charge is 0.283 e. The normalized spacial score (nSPS) is 13.8. The van der Waals surface area contributed by atoms with Gasteiger partial charge in [-0.2, -0.15) is 9.97 Å². The van der Waals surface area contributed by atoms with Crippen LogP contribution in [0, 0.1) is 11.6 Å². The Labute approximate surface area is 227 Å². The lowest BCUT2D eigenvalue weighted by atomic mass is 10.2. The molecule has 2 aromatic carbocycles. The number of fused-ring (bicyclic) bond motifs is 1. The first-order chi connectivity index (χ1) is 19.4. The highest BCUT2D eigenvalue weighted by molar-refractivity contribution is 5.99. The number of piperazine rings is 1. The average Bonchev–Trinajstić information content (AvgIpc) is 2.95. The Morgan fingerprint density at radius 2 is 1.82 bits per heavy atom. The quantitative estimate of drug-likeness (QED) is 0.285. The minimum atomic E-state index is -0.825. The van der Waals surface area contributed by atoms with Crippen LogP contribution in [0.15, 0.2) is 66.4 Å². The Hall–Kier alpha value is -4.75. The first-order valence-corrected chi connectivity index (χ1v) is 12.5. The lowest BCUT2D eigenvalue weighted by Crippen LogP contribution is -2.47. The van der Waals surface area contributed by atoms with Crippen LogP contribution < -0.4 is 21.1 Å². The highest BCUT2D eigenvalue weighted by atomic mass is 19.1. The Balaban J connectivity index is 1.44. The molecule has 1 amide bonds. The summed E-state index contributed by atoms with van der Waals surface area (Å²) in [6.45, 7) is 6.55. The number of nitrogens with one attached hydrogen (secondary N) is 2. The average molecular weight is 549 g/mol. The topological polar surface area (TPSA) is 129 Å². The third-order valence-corrected chi connectivity index (χ3v) is 6.51. The van der Waals surface area contributed by atoms with Crippen molar-refractivity contribution >= 4 is 40.0 Å². The maximum absolute atomic E-state index is 15.1. The summed E-state index contributed by atoms with van der Waals surface area (Å²) >= 11 is 0. The van der Waals surface area contributed by atoms with Gasteiger partial charge < -0.3 is 20.6 Å². The van der Waals surface area contributed by atoms with Crippen LogP contribution in [-0.2, 0) is 4.79 Å². The number of aliphatic hydroxyl groups is 1. The van der Waals surface area contributed by atoms with Gasteiger partial charge in [-0.3, -0.25) is 19.1 Å². The van der Waals surface area contributed by atoms with Gasteiger partial charge in [-0.25, -0.2) is 13.8 Å². The van der Waals surface area contributed by atoms with Crippen molar-refractivity contribution in [3.63, 3.8) is 0 Å². The van der Waals surface area contributed by atoms with Gasteiger partial charge in [0, 0.05) is 50.3 Å². The van der Waals surface area contributed by atoms with Crippen LogP contribution in [0.4, 0.5) is 31.8 Å². The van der Waals surface area contributed by atoms with Crippen molar-refractivity contribution in [2.75, 3.05) is 54.9 Å². The predicted molar refractivity (Wildman–Crippen MR) is 147 cm³/mol. The number of hydrogen-bond acceptors (Lipinski definition) is 9. The Morgan fingerprint density at radius 3 is 2.52 bits per heavy atom. The lowest BCUT2D eigenvalue weighted by Gasteiger charge is -2.35. The monoisotopic (exact) mass is 548 g/mol. The fourth-order valence-electron chi connectivity index (χ4n) is 4.46. The molecule has 1 aliphatic heterocycles. The number of nitrogens with zero attached hydrogens (tertiary/aromatic N) is 6. The first-order valence-electron chi connectivity index (χ1n) is 12.5. The number of aliphatic hydroxyl groups excluding tert-OH is 1. The number of anilines is 4. The van der Waals surface area contributed by atoms with Gasteiger partial charge in [-0.05, 0) is 36.4 Å². The van der Waals surface area contributed by atoms with Gasteiger partial charge in [0.25, 0.3) is 5.56 Å². The van der Waals surface area contributed by atoms with E-state index in [2.05, 4.69) is 37.1 Å². The first kappa shape index (κ1) is 26.8. The molecule has 0 saturated carbocycles. The summed E-state index contributed by atoms with van der Waals surface area (Å²) in [5.74, 6) is -2.18. The van der Waals surface area contributed by atoms with Crippen LogP contribution in [0.2, 0.25) is 0 Å².